The van der Waals surface area contributed by atoms with Gasteiger partial charge in [-0.1, -0.05) is 0 Å². The van der Waals surface area contributed by atoms with Crippen molar-refractivity contribution in [2.45, 2.75) is 13.0 Å². The van der Waals surface area contributed by atoms with Gasteiger partial charge in [-0.3, -0.25) is 18.8 Å². The molecule has 0 spiro atoms. The summed E-state index contributed by atoms with van der Waals surface area (Å²) in [6, 6.07) is 5.70. The largest absolute Gasteiger partial charge is 0.333 e. The lowest BCUT2D eigenvalue weighted by molar-refractivity contribution is 0.0730. The molecule has 0 radical (unpaired) electrons. The Bertz CT molecular complexity index is 1120. The number of hydrogen-bond donors (Lipinski definition) is 1. The number of carbonyl (C=O) groups is 1. The molecule has 4 heterocycles. The fourth-order valence-corrected chi connectivity index (χ4v) is 3.01. The summed E-state index contributed by atoms with van der Waals surface area (Å²) in [5.74, 6) is -0.993. The lowest BCUT2D eigenvalue weighted by Crippen LogP contribution is -2.41. The minimum Gasteiger partial charge on any atom is -0.333 e. The van der Waals surface area contributed by atoms with Crippen LogP contribution in [0.1, 0.15) is 21.6 Å². The van der Waals surface area contributed by atoms with Crippen LogP contribution in [-0.4, -0.2) is 31.7 Å². The Labute approximate surface area is 140 Å². The van der Waals surface area contributed by atoms with Gasteiger partial charge in [0.25, 0.3) is 17.0 Å². The SMILES string of the molecule is O=C(c1ccc[nH]c1=O)N1CCc2nc3ccc(F)cn3c(=O)c2C1. The third kappa shape index (κ3) is 2.51. The number of hydrogen-bond acceptors (Lipinski definition) is 4. The molecule has 7 nitrogen and oxygen atoms in total. The quantitative estimate of drug-likeness (QED) is 0.707. The van der Waals surface area contributed by atoms with Crippen LogP contribution in [0.5, 0.6) is 0 Å². The number of aromatic nitrogens is 3. The Hall–Kier alpha value is -3.29. The van der Waals surface area contributed by atoms with Gasteiger partial charge in [0.2, 0.25) is 0 Å². The molecule has 3 aromatic rings. The number of H-pyrrole nitrogens is 1. The number of aromatic amines is 1. The molecule has 25 heavy (non-hydrogen) atoms. The number of halogens is 1. The zero-order valence-electron chi connectivity index (χ0n) is 13.0. The van der Waals surface area contributed by atoms with Crippen molar-refractivity contribution in [3.05, 3.63) is 80.0 Å². The lowest BCUT2D eigenvalue weighted by atomic mass is 10.1. The van der Waals surface area contributed by atoms with E-state index in [0.29, 0.717) is 29.9 Å². The van der Waals surface area contributed by atoms with Gasteiger partial charge in [0.1, 0.15) is 17.0 Å². The minimum atomic E-state index is -0.545. The second-order valence-electron chi connectivity index (χ2n) is 5.81. The molecule has 0 unspecified atom stereocenters. The van der Waals surface area contributed by atoms with E-state index in [4.69, 9.17) is 0 Å². The molecule has 0 fully saturated rings. The fourth-order valence-electron chi connectivity index (χ4n) is 3.01. The zero-order chi connectivity index (χ0) is 17.6. The Balaban J connectivity index is 1.76. The highest BCUT2D eigenvalue weighted by Crippen LogP contribution is 2.17. The van der Waals surface area contributed by atoms with Crippen LogP contribution in [-0.2, 0) is 13.0 Å². The van der Waals surface area contributed by atoms with Crippen LogP contribution < -0.4 is 11.1 Å². The first-order valence-corrected chi connectivity index (χ1v) is 7.71. The van der Waals surface area contributed by atoms with Crippen molar-refractivity contribution in [3.63, 3.8) is 0 Å². The van der Waals surface area contributed by atoms with E-state index >= 15 is 0 Å². The summed E-state index contributed by atoms with van der Waals surface area (Å²) >= 11 is 0. The van der Waals surface area contributed by atoms with Gasteiger partial charge < -0.3 is 9.88 Å². The number of carbonyl (C=O) groups excluding carboxylic acids is 1. The molecule has 0 aliphatic carbocycles. The summed E-state index contributed by atoms with van der Waals surface area (Å²) in [6.45, 7) is 0.387. The molecule has 4 rings (SSSR count). The molecule has 126 valence electrons. The van der Waals surface area contributed by atoms with Crippen LogP contribution in [0.15, 0.2) is 46.2 Å². The molecule has 1 aliphatic heterocycles. The van der Waals surface area contributed by atoms with Crippen molar-refractivity contribution in [3.8, 4) is 0 Å². The van der Waals surface area contributed by atoms with E-state index in [1.807, 2.05) is 0 Å². The lowest BCUT2D eigenvalue weighted by Gasteiger charge is -2.27. The highest BCUT2D eigenvalue weighted by molar-refractivity contribution is 5.93. The van der Waals surface area contributed by atoms with E-state index in [1.165, 1.54) is 29.3 Å². The van der Waals surface area contributed by atoms with Crippen LogP contribution in [0.4, 0.5) is 4.39 Å². The first-order chi connectivity index (χ1) is 12.0. The Morgan fingerprint density at radius 1 is 1.24 bits per heavy atom. The summed E-state index contributed by atoms with van der Waals surface area (Å²) in [6.07, 6.45) is 2.92. The highest BCUT2D eigenvalue weighted by atomic mass is 19.1. The van der Waals surface area contributed by atoms with Crippen LogP contribution >= 0.6 is 0 Å². The van der Waals surface area contributed by atoms with E-state index in [2.05, 4.69) is 9.97 Å². The summed E-state index contributed by atoms with van der Waals surface area (Å²) in [4.78, 5) is 45.3. The number of nitrogens with zero attached hydrogens (tertiary/aromatic N) is 3. The second kappa shape index (κ2) is 5.66. The minimum absolute atomic E-state index is 0.0193. The standard InChI is InChI=1S/C17H13FN4O3/c18-10-3-4-14-20-13-5-7-21(9-12(13)17(25)22(14)8-10)16(24)11-2-1-6-19-15(11)23/h1-4,6,8H,5,7,9H2,(H,19,23). The molecule has 0 aromatic carbocycles. The Morgan fingerprint density at radius 3 is 2.88 bits per heavy atom. The third-order valence-electron chi connectivity index (χ3n) is 4.27. The molecule has 0 bridgehead atoms. The van der Waals surface area contributed by atoms with Gasteiger partial charge in [0, 0.05) is 25.4 Å². The van der Waals surface area contributed by atoms with E-state index < -0.39 is 22.8 Å². The van der Waals surface area contributed by atoms with Gasteiger partial charge in [0.15, 0.2) is 0 Å². The first-order valence-electron chi connectivity index (χ1n) is 7.71. The van der Waals surface area contributed by atoms with Crippen molar-refractivity contribution in [1.82, 2.24) is 19.3 Å². The third-order valence-corrected chi connectivity index (χ3v) is 4.27. The maximum absolute atomic E-state index is 13.4. The van der Waals surface area contributed by atoms with E-state index in [-0.39, 0.29) is 12.1 Å². The van der Waals surface area contributed by atoms with Gasteiger partial charge in [-0.15, -0.1) is 0 Å². The second-order valence-corrected chi connectivity index (χ2v) is 5.81. The monoisotopic (exact) mass is 340 g/mol. The van der Waals surface area contributed by atoms with Crippen molar-refractivity contribution < 1.29 is 9.18 Å². The number of rotatable bonds is 1. The maximum atomic E-state index is 13.4. The van der Waals surface area contributed by atoms with Crippen LogP contribution in [0.25, 0.3) is 5.65 Å². The maximum Gasteiger partial charge on any atom is 0.263 e. The van der Waals surface area contributed by atoms with Crippen LogP contribution in [0.3, 0.4) is 0 Å². The molecule has 0 saturated carbocycles. The molecule has 3 aromatic heterocycles. The fraction of sp³-hybridized carbons (Fsp3) is 0.176. The van der Waals surface area contributed by atoms with Gasteiger partial charge in [-0.25, -0.2) is 9.37 Å². The zero-order valence-corrected chi connectivity index (χ0v) is 13.0. The topological polar surface area (TPSA) is 87.5 Å². The molecule has 1 N–H and O–H groups in total. The normalized spacial score (nSPS) is 13.7. The first kappa shape index (κ1) is 15.3. The van der Waals surface area contributed by atoms with Crippen molar-refractivity contribution in [2.24, 2.45) is 0 Å². The van der Waals surface area contributed by atoms with E-state index in [1.54, 1.807) is 6.07 Å². The molecular weight excluding hydrogens is 327 g/mol. The highest BCUT2D eigenvalue weighted by Gasteiger charge is 2.26. The molecular formula is C17H13FN4O3. The predicted molar refractivity (Wildman–Crippen MR) is 86.9 cm³/mol. The molecule has 0 saturated heterocycles. The smallest absolute Gasteiger partial charge is 0.263 e. The molecule has 1 aliphatic rings. The number of fused-ring (bicyclic) bond motifs is 2. The van der Waals surface area contributed by atoms with Crippen molar-refractivity contribution in [2.75, 3.05) is 6.54 Å². The summed E-state index contributed by atoms with van der Waals surface area (Å²) in [5, 5.41) is 0. The Kier molecular flexibility index (Phi) is 3.45. The molecule has 1 amide bonds. The van der Waals surface area contributed by atoms with Gasteiger partial charge in [-0.05, 0) is 24.3 Å². The average molecular weight is 340 g/mol. The Morgan fingerprint density at radius 2 is 2.08 bits per heavy atom. The van der Waals surface area contributed by atoms with Gasteiger partial charge in [0.05, 0.1) is 17.8 Å². The predicted octanol–water partition coefficient (Wildman–Crippen LogP) is 0.720. The van der Waals surface area contributed by atoms with Gasteiger partial charge >= 0.3 is 0 Å². The molecule has 0 atom stereocenters. The van der Waals surface area contributed by atoms with E-state index in [9.17, 15) is 18.8 Å². The van der Waals surface area contributed by atoms with E-state index in [0.717, 1.165) is 10.6 Å². The van der Waals surface area contributed by atoms with Gasteiger partial charge in [-0.2, -0.15) is 0 Å². The number of nitrogens with one attached hydrogen (secondary N) is 1. The van der Waals surface area contributed by atoms with Crippen molar-refractivity contribution in [1.29, 1.82) is 0 Å². The number of amides is 1. The van der Waals surface area contributed by atoms with Crippen LogP contribution in [0, 0.1) is 5.82 Å². The number of pyridine rings is 2. The average Bonchev–Trinajstić information content (AvgIpc) is 2.62. The summed E-state index contributed by atoms with van der Waals surface area (Å²) in [5.41, 5.74) is 0.445. The molecule has 8 heteroatoms. The van der Waals surface area contributed by atoms with Crippen LogP contribution in [0.2, 0.25) is 0 Å². The van der Waals surface area contributed by atoms with Crippen molar-refractivity contribution >= 4 is 11.6 Å². The summed E-state index contributed by atoms with van der Waals surface area (Å²) < 4.78 is 14.6. The summed E-state index contributed by atoms with van der Waals surface area (Å²) in [7, 11) is 0.